The van der Waals surface area contributed by atoms with E-state index in [2.05, 4.69) is 4.99 Å². The Balaban J connectivity index is 0.00000200. The third-order valence-electron chi connectivity index (χ3n) is 3.28. The van der Waals surface area contributed by atoms with Gasteiger partial charge in [-0.05, 0) is 33.6 Å². The smallest absolute Gasteiger partial charge is 0.410 e. The molecule has 1 amide bonds. The Kier molecular flexibility index (Phi) is 5.51. The van der Waals surface area contributed by atoms with Crippen molar-refractivity contribution in [3.63, 3.8) is 0 Å². The van der Waals surface area contributed by atoms with Crippen LogP contribution in [-0.4, -0.2) is 59.7 Å². The number of rotatable bonds is 2. The molecule has 0 radical (unpaired) electrons. The number of hydrogen-bond donors (Lipinski definition) is 1. The predicted molar refractivity (Wildman–Crippen MR) is 89.4 cm³/mol. The molecule has 0 aromatic rings. The maximum Gasteiger partial charge on any atom is 0.410 e. The Morgan fingerprint density at radius 1 is 1.35 bits per heavy atom. The van der Waals surface area contributed by atoms with E-state index in [1.807, 2.05) is 32.7 Å². The van der Waals surface area contributed by atoms with Crippen LogP contribution < -0.4 is 5.73 Å². The van der Waals surface area contributed by atoms with Gasteiger partial charge in [-0.2, -0.15) is 0 Å². The van der Waals surface area contributed by atoms with Gasteiger partial charge in [0, 0.05) is 26.2 Å². The van der Waals surface area contributed by atoms with Gasteiger partial charge < -0.3 is 20.3 Å². The first kappa shape index (κ1) is 17.3. The first-order chi connectivity index (χ1) is 8.76. The van der Waals surface area contributed by atoms with Crippen LogP contribution in [0.2, 0.25) is 0 Å². The maximum atomic E-state index is 11.7. The van der Waals surface area contributed by atoms with Crippen molar-refractivity contribution in [2.45, 2.75) is 51.3 Å². The van der Waals surface area contributed by atoms with Crippen molar-refractivity contribution in [1.29, 1.82) is 0 Å². The van der Waals surface area contributed by atoms with Crippen LogP contribution in [0.25, 0.3) is 0 Å². The van der Waals surface area contributed by atoms with E-state index in [1.165, 1.54) is 12.8 Å². The number of ether oxygens (including phenoxy) is 1. The SMILES string of the molecule is CN(C(N)=NC1CN(C(=O)OC(C)(C)C)C1)C1CC1.I. The summed E-state index contributed by atoms with van der Waals surface area (Å²) >= 11 is 0. The van der Waals surface area contributed by atoms with Gasteiger partial charge in [0.05, 0.1) is 6.04 Å². The molecule has 1 heterocycles. The lowest BCUT2D eigenvalue weighted by Crippen LogP contribution is -2.55. The summed E-state index contributed by atoms with van der Waals surface area (Å²) in [6.07, 6.45) is 2.12. The molecule has 0 atom stereocenters. The van der Waals surface area contributed by atoms with Crippen molar-refractivity contribution in [2.75, 3.05) is 20.1 Å². The lowest BCUT2D eigenvalue weighted by Gasteiger charge is -2.38. The second kappa shape index (κ2) is 6.36. The molecule has 116 valence electrons. The second-order valence-corrected chi connectivity index (χ2v) is 6.37. The summed E-state index contributed by atoms with van der Waals surface area (Å²) in [7, 11) is 1.97. The summed E-state index contributed by atoms with van der Waals surface area (Å²) < 4.78 is 5.29. The second-order valence-electron chi connectivity index (χ2n) is 6.37. The fraction of sp³-hybridized carbons (Fsp3) is 0.846. The number of carbonyl (C=O) groups is 1. The van der Waals surface area contributed by atoms with E-state index in [-0.39, 0.29) is 36.1 Å². The highest BCUT2D eigenvalue weighted by Crippen LogP contribution is 2.25. The lowest BCUT2D eigenvalue weighted by atomic mass is 10.1. The van der Waals surface area contributed by atoms with Crippen molar-refractivity contribution in [3.05, 3.63) is 0 Å². The van der Waals surface area contributed by atoms with Crippen molar-refractivity contribution in [2.24, 2.45) is 10.7 Å². The quantitative estimate of drug-likeness (QED) is 0.438. The molecule has 1 aliphatic carbocycles. The summed E-state index contributed by atoms with van der Waals surface area (Å²) in [4.78, 5) is 19.9. The molecule has 0 aromatic carbocycles. The lowest BCUT2D eigenvalue weighted by molar-refractivity contribution is 0.00895. The van der Waals surface area contributed by atoms with Crippen LogP contribution in [0.3, 0.4) is 0 Å². The van der Waals surface area contributed by atoms with E-state index in [9.17, 15) is 4.79 Å². The van der Waals surface area contributed by atoms with Gasteiger partial charge in [-0.15, -0.1) is 24.0 Å². The number of nitrogens with zero attached hydrogens (tertiary/aromatic N) is 3. The van der Waals surface area contributed by atoms with Gasteiger partial charge >= 0.3 is 6.09 Å². The fourth-order valence-electron chi connectivity index (χ4n) is 1.94. The van der Waals surface area contributed by atoms with Crippen LogP contribution in [0.1, 0.15) is 33.6 Å². The van der Waals surface area contributed by atoms with Gasteiger partial charge in [0.15, 0.2) is 5.96 Å². The van der Waals surface area contributed by atoms with Crippen LogP contribution in [0.15, 0.2) is 4.99 Å². The number of amides is 1. The van der Waals surface area contributed by atoms with Gasteiger partial charge in [0.1, 0.15) is 5.60 Å². The summed E-state index contributed by atoms with van der Waals surface area (Å²) in [5.41, 5.74) is 5.49. The monoisotopic (exact) mass is 396 g/mol. The molecular formula is C13H25IN4O2. The molecule has 0 aromatic heterocycles. The van der Waals surface area contributed by atoms with Crippen LogP contribution in [-0.2, 0) is 4.74 Å². The minimum Gasteiger partial charge on any atom is -0.444 e. The van der Waals surface area contributed by atoms with Gasteiger partial charge in [-0.25, -0.2) is 9.79 Å². The van der Waals surface area contributed by atoms with E-state index < -0.39 is 5.60 Å². The van der Waals surface area contributed by atoms with Gasteiger partial charge in [-0.1, -0.05) is 0 Å². The summed E-state index contributed by atoms with van der Waals surface area (Å²) in [5.74, 6) is 0.580. The minimum absolute atomic E-state index is 0. The number of nitrogens with two attached hydrogens (primary N) is 1. The Hall–Kier alpha value is -0.730. The molecule has 1 saturated heterocycles. The van der Waals surface area contributed by atoms with E-state index >= 15 is 0 Å². The third kappa shape index (κ3) is 4.68. The van der Waals surface area contributed by atoms with Gasteiger partial charge in [0.25, 0.3) is 0 Å². The van der Waals surface area contributed by atoms with Crippen molar-refractivity contribution < 1.29 is 9.53 Å². The minimum atomic E-state index is -0.448. The molecule has 0 spiro atoms. The van der Waals surface area contributed by atoms with Crippen LogP contribution in [0.4, 0.5) is 4.79 Å². The molecule has 7 heteroatoms. The summed E-state index contributed by atoms with van der Waals surface area (Å²) in [6, 6.07) is 0.666. The highest BCUT2D eigenvalue weighted by molar-refractivity contribution is 14.0. The normalized spacial score (nSPS) is 20.0. The van der Waals surface area contributed by atoms with Gasteiger partial charge in [0.2, 0.25) is 0 Å². The van der Waals surface area contributed by atoms with Crippen molar-refractivity contribution in [1.82, 2.24) is 9.80 Å². The van der Waals surface area contributed by atoms with Crippen molar-refractivity contribution in [3.8, 4) is 0 Å². The van der Waals surface area contributed by atoms with E-state index in [1.54, 1.807) is 4.90 Å². The number of aliphatic imine (C=N–C) groups is 1. The number of likely N-dealkylation sites (tertiary alicyclic amines) is 1. The Morgan fingerprint density at radius 3 is 2.35 bits per heavy atom. The molecule has 1 saturated carbocycles. The molecule has 0 unspecified atom stereocenters. The molecule has 1 aliphatic heterocycles. The van der Waals surface area contributed by atoms with Gasteiger partial charge in [-0.3, -0.25) is 0 Å². The number of guanidine groups is 1. The molecular weight excluding hydrogens is 371 g/mol. The highest BCUT2D eigenvalue weighted by Gasteiger charge is 2.34. The van der Waals surface area contributed by atoms with Crippen LogP contribution >= 0.6 is 24.0 Å². The van der Waals surface area contributed by atoms with Crippen LogP contribution in [0, 0.1) is 0 Å². The van der Waals surface area contributed by atoms with E-state index in [0.717, 1.165) is 0 Å². The van der Waals surface area contributed by atoms with E-state index in [0.29, 0.717) is 25.1 Å². The molecule has 2 fully saturated rings. The predicted octanol–water partition coefficient (Wildman–Crippen LogP) is 1.63. The Bertz CT molecular complexity index is 384. The highest BCUT2D eigenvalue weighted by atomic mass is 127. The average Bonchev–Trinajstić information content (AvgIpc) is 3.01. The number of hydrogen-bond acceptors (Lipinski definition) is 3. The molecule has 20 heavy (non-hydrogen) atoms. The average molecular weight is 396 g/mol. The zero-order chi connectivity index (χ0) is 14.2. The summed E-state index contributed by atoms with van der Waals surface area (Å²) in [5, 5.41) is 0. The summed E-state index contributed by atoms with van der Waals surface area (Å²) in [6.45, 7) is 6.77. The largest absolute Gasteiger partial charge is 0.444 e. The molecule has 2 rings (SSSR count). The zero-order valence-corrected chi connectivity index (χ0v) is 15.0. The fourth-order valence-corrected chi connectivity index (χ4v) is 1.94. The number of carbonyl (C=O) groups excluding carboxylic acids is 1. The molecule has 0 bridgehead atoms. The first-order valence-corrected chi connectivity index (χ1v) is 6.80. The van der Waals surface area contributed by atoms with E-state index in [4.69, 9.17) is 10.5 Å². The van der Waals surface area contributed by atoms with Crippen LogP contribution in [0.5, 0.6) is 0 Å². The van der Waals surface area contributed by atoms with Crippen molar-refractivity contribution >= 4 is 36.0 Å². The topological polar surface area (TPSA) is 71.2 Å². The third-order valence-corrected chi connectivity index (χ3v) is 3.28. The zero-order valence-electron chi connectivity index (χ0n) is 12.6. The number of halogens is 1. The molecule has 2 N–H and O–H groups in total. The Morgan fingerprint density at radius 2 is 1.90 bits per heavy atom. The molecule has 2 aliphatic rings. The Labute approximate surface area is 137 Å². The maximum absolute atomic E-state index is 11.7. The molecule has 6 nitrogen and oxygen atoms in total. The standard InChI is InChI=1S/C13H24N4O2.HI/c1-13(2,3)19-12(18)17-7-9(8-17)15-11(14)16(4)10-5-6-10;/h9-10H,5-8H2,1-4H3,(H2,14,15);1H. The first-order valence-electron chi connectivity index (χ1n) is 6.80.